The molecule has 1 aromatic carbocycles. The summed E-state index contributed by atoms with van der Waals surface area (Å²) >= 11 is 0. The Morgan fingerprint density at radius 3 is 2.56 bits per heavy atom. The Morgan fingerprint density at radius 1 is 1.13 bits per heavy atom. The van der Waals surface area contributed by atoms with Gasteiger partial charge in [-0.05, 0) is 91.7 Å². The molecular weight excluding hydrogens is 486 g/mol. The molecule has 3 aliphatic rings. The van der Waals surface area contributed by atoms with Gasteiger partial charge < -0.3 is 4.74 Å². The number of esters is 1. The van der Waals surface area contributed by atoms with Crippen molar-refractivity contribution in [1.29, 1.82) is 0 Å². The molecule has 0 heterocycles. The van der Waals surface area contributed by atoms with Crippen molar-refractivity contribution >= 4 is 11.7 Å². The highest BCUT2D eigenvalue weighted by atomic mass is 16.6. The van der Waals surface area contributed by atoms with Gasteiger partial charge in [0.25, 0.3) is 5.69 Å². The van der Waals surface area contributed by atoms with Crippen LogP contribution in [0.5, 0.6) is 0 Å². The number of hydrogen-bond donors (Lipinski definition) is 0. The van der Waals surface area contributed by atoms with Crippen LogP contribution in [0, 0.1) is 39.2 Å². The van der Waals surface area contributed by atoms with E-state index in [2.05, 4.69) is 46.4 Å². The lowest BCUT2D eigenvalue weighted by molar-refractivity contribution is -0.384. The Morgan fingerprint density at radius 2 is 1.87 bits per heavy atom. The number of nitro groups is 1. The molecule has 3 aliphatic carbocycles. The Hall–Kier alpha value is -2.69. The number of ether oxygens (including phenoxy) is 1. The van der Waals surface area contributed by atoms with Crippen molar-refractivity contribution in [1.82, 2.24) is 0 Å². The third kappa shape index (κ3) is 6.91. The van der Waals surface area contributed by atoms with Gasteiger partial charge in [0.05, 0.1) is 10.5 Å². The van der Waals surface area contributed by atoms with Crippen LogP contribution in [-0.2, 0) is 4.74 Å². The molecule has 0 N–H and O–H groups in total. The molecule has 0 aromatic heterocycles. The zero-order valence-electron chi connectivity index (χ0n) is 24.4. The average Bonchev–Trinajstić information content (AvgIpc) is 3.26. The standard InChI is InChI=1S/C34H47NO4/c1-23(2)8-6-9-25(4)31-19-20-32-26(10-7-21-34(31,32)5)12-13-28-22-30(18-11-24(28)3)39-33(36)27-14-16-29(17-15-27)35(37)38/h12-17,23,25,30-32H,3,6-11,18-22H2,1-2,4-5H3/b26-12+,28-13-/t25-,30+,31-,32+,34-/m1/s1. The quantitative estimate of drug-likeness (QED) is 0.180. The lowest BCUT2D eigenvalue weighted by Crippen LogP contribution is -2.36. The zero-order chi connectivity index (χ0) is 28.2. The van der Waals surface area contributed by atoms with Crippen LogP contribution < -0.4 is 0 Å². The highest BCUT2D eigenvalue weighted by molar-refractivity contribution is 5.89. The largest absolute Gasteiger partial charge is 0.458 e. The molecule has 3 fully saturated rings. The summed E-state index contributed by atoms with van der Waals surface area (Å²) in [4.78, 5) is 23.1. The summed E-state index contributed by atoms with van der Waals surface area (Å²) in [6.45, 7) is 14.0. The minimum atomic E-state index is -0.470. The molecule has 0 saturated heterocycles. The predicted octanol–water partition coefficient (Wildman–Crippen LogP) is 9.39. The Labute approximate surface area is 234 Å². The second-order valence-electron chi connectivity index (χ2n) is 13.0. The average molecular weight is 534 g/mol. The van der Waals surface area contributed by atoms with Gasteiger partial charge in [0, 0.05) is 18.6 Å². The van der Waals surface area contributed by atoms with Crippen LogP contribution in [0.1, 0.15) is 109 Å². The van der Waals surface area contributed by atoms with Crippen LogP contribution in [0.15, 0.2) is 59.7 Å². The highest BCUT2D eigenvalue weighted by Gasteiger charge is 2.50. The van der Waals surface area contributed by atoms with Gasteiger partial charge in [-0.15, -0.1) is 0 Å². The monoisotopic (exact) mass is 533 g/mol. The first-order valence-electron chi connectivity index (χ1n) is 15.1. The Balaban J connectivity index is 1.40. The van der Waals surface area contributed by atoms with Crippen LogP contribution in [0.3, 0.4) is 0 Å². The van der Waals surface area contributed by atoms with Crippen LogP contribution in [0.2, 0.25) is 0 Å². The van der Waals surface area contributed by atoms with Crippen LogP contribution in [0.4, 0.5) is 5.69 Å². The second-order valence-corrected chi connectivity index (χ2v) is 13.0. The highest BCUT2D eigenvalue weighted by Crippen LogP contribution is 2.60. The van der Waals surface area contributed by atoms with E-state index < -0.39 is 10.9 Å². The molecule has 212 valence electrons. The molecule has 0 bridgehead atoms. The maximum atomic E-state index is 12.7. The van der Waals surface area contributed by atoms with Gasteiger partial charge in [0.2, 0.25) is 0 Å². The second kappa shape index (κ2) is 12.7. The Bertz CT molecular complexity index is 1110. The van der Waals surface area contributed by atoms with Crippen molar-refractivity contribution in [3.05, 3.63) is 75.4 Å². The molecule has 4 rings (SSSR count). The summed E-state index contributed by atoms with van der Waals surface area (Å²) in [6, 6.07) is 5.61. The van der Waals surface area contributed by atoms with Crippen molar-refractivity contribution in [2.75, 3.05) is 0 Å². The summed E-state index contributed by atoms with van der Waals surface area (Å²) in [7, 11) is 0. The van der Waals surface area contributed by atoms with Crippen molar-refractivity contribution in [2.24, 2.45) is 29.1 Å². The zero-order valence-corrected chi connectivity index (χ0v) is 24.4. The molecule has 0 spiro atoms. The lowest BCUT2D eigenvalue weighted by Gasteiger charge is -2.44. The number of nitro benzene ring substituents is 1. The first-order chi connectivity index (χ1) is 18.6. The molecular formula is C34H47NO4. The van der Waals surface area contributed by atoms with Gasteiger partial charge in [-0.2, -0.15) is 0 Å². The maximum absolute atomic E-state index is 12.7. The van der Waals surface area contributed by atoms with Crippen molar-refractivity contribution in [2.45, 2.75) is 104 Å². The summed E-state index contributed by atoms with van der Waals surface area (Å²) < 4.78 is 5.81. The number of carbonyl (C=O) groups excluding carboxylic acids is 1. The molecule has 0 unspecified atom stereocenters. The van der Waals surface area contributed by atoms with Crippen LogP contribution >= 0.6 is 0 Å². The van der Waals surface area contributed by atoms with E-state index in [4.69, 9.17) is 4.74 Å². The molecule has 0 aliphatic heterocycles. The summed E-state index contributed by atoms with van der Waals surface area (Å²) in [6.07, 6.45) is 17.2. The SMILES string of the molecule is C=C1CC[C@H](OC(=O)c2ccc([N+](=O)[O-])cc2)C/C1=C/C=C1\CCC[C@]2(C)[C@@H]([C@H](C)CCCC(C)C)CC[C@@H]12. The van der Waals surface area contributed by atoms with E-state index in [1.165, 1.54) is 81.2 Å². The summed E-state index contributed by atoms with van der Waals surface area (Å²) in [5.74, 6) is 2.65. The van der Waals surface area contributed by atoms with Gasteiger partial charge >= 0.3 is 5.97 Å². The summed E-state index contributed by atoms with van der Waals surface area (Å²) in [5.41, 5.74) is 4.63. The van der Waals surface area contributed by atoms with Gasteiger partial charge in [0.15, 0.2) is 0 Å². The van der Waals surface area contributed by atoms with Crippen LogP contribution in [0.25, 0.3) is 0 Å². The smallest absolute Gasteiger partial charge is 0.338 e. The number of non-ortho nitro benzene ring substituents is 1. The number of hydrogen-bond acceptors (Lipinski definition) is 4. The molecule has 5 nitrogen and oxygen atoms in total. The van der Waals surface area contributed by atoms with E-state index in [1.807, 2.05) is 0 Å². The minimum absolute atomic E-state index is 0.0354. The fraction of sp³-hybridized carbons (Fsp3) is 0.618. The van der Waals surface area contributed by atoms with Gasteiger partial charge in [-0.3, -0.25) is 10.1 Å². The third-order valence-corrected chi connectivity index (χ3v) is 9.92. The van der Waals surface area contributed by atoms with Gasteiger partial charge in [0.1, 0.15) is 6.10 Å². The molecule has 3 saturated carbocycles. The number of benzene rings is 1. The number of rotatable bonds is 9. The van der Waals surface area contributed by atoms with E-state index in [0.29, 0.717) is 23.3 Å². The van der Waals surface area contributed by atoms with E-state index in [1.54, 1.807) is 5.57 Å². The first-order valence-corrected chi connectivity index (χ1v) is 15.1. The fourth-order valence-electron chi connectivity index (χ4n) is 7.68. The van der Waals surface area contributed by atoms with E-state index in [-0.39, 0.29) is 11.8 Å². The summed E-state index contributed by atoms with van der Waals surface area (Å²) in [5, 5.41) is 10.9. The number of allylic oxidation sites excluding steroid dienone is 4. The predicted molar refractivity (Wildman–Crippen MR) is 157 cm³/mol. The Kier molecular flexibility index (Phi) is 9.51. The molecule has 5 atom stereocenters. The molecule has 0 amide bonds. The fourth-order valence-corrected chi connectivity index (χ4v) is 7.68. The molecule has 5 heteroatoms. The number of carbonyl (C=O) groups is 1. The van der Waals surface area contributed by atoms with Crippen molar-refractivity contribution in [3.63, 3.8) is 0 Å². The molecule has 0 radical (unpaired) electrons. The van der Waals surface area contributed by atoms with Crippen LogP contribution in [-0.4, -0.2) is 17.0 Å². The van der Waals surface area contributed by atoms with Crippen molar-refractivity contribution in [3.8, 4) is 0 Å². The number of nitrogens with zero attached hydrogens (tertiary/aromatic N) is 1. The van der Waals surface area contributed by atoms with E-state index in [9.17, 15) is 14.9 Å². The van der Waals surface area contributed by atoms with E-state index in [0.717, 1.165) is 36.2 Å². The van der Waals surface area contributed by atoms with Gasteiger partial charge in [-0.25, -0.2) is 4.79 Å². The maximum Gasteiger partial charge on any atom is 0.338 e. The number of fused-ring (bicyclic) bond motifs is 1. The minimum Gasteiger partial charge on any atom is -0.458 e. The lowest BCUT2D eigenvalue weighted by atomic mass is 9.60. The third-order valence-electron chi connectivity index (χ3n) is 9.92. The first kappa shape index (κ1) is 29.3. The van der Waals surface area contributed by atoms with Crippen molar-refractivity contribution < 1.29 is 14.5 Å². The normalized spacial score (nSPS) is 30.0. The molecule has 1 aromatic rings. The van der Waals surface area contributed by atoms with E-state index >= 15 is 0 Å². The topological polar surface area (TPSA) is 69.4 Å². The molecule has 39 heavy (non-hydrogen) atoms. The van der Waals surface area contributed by atoms with Gasteiger partial charge in [-0.1, -0.05) is 76.8 Å².